The maximum Gasteiger partial charge on any atom is 0.322 e. The second-order valence-corrected chi connectivity index (χ2v) is 8.37. The average Bonchev–Trinajstić information content (AvgIpc) is 3.10. The van der Waals surface area contributed by atoms with E-state index in [1.54, 1.807) is 4.90 Å². The Morgan fingerprint density at radius 3 is 2.82 bits per heavy atom. The number of ether oxygens (including phenoxy) is 1. The molecule has 1 unspecified atom stereocenters. The van der Waals surface area contributed by atoms with Gasteiger partial charge in [-0.05, 0) is 43.0 Å². The first kappa shape index (κ1) is 21.3. The first-order valence-corrected chi connectivity index (χ1v) is 10.6. The lowest BCUT2D eigenvalue weighted by Gasteiger charge is -2.35. The molecule has 2 N–H and O–H groups in total. The van der Waals surface area contributed by atoms with Crippen LogP contribution in [0.5, 0.6) is 5.88 Å². The zero-order valence-electron chi connectivity index (χ0n) is 17.4. The predicted octanol–water partition coefficient (Wildman–Crippen LogP) is 4.07. The van der Waals surface area contributed by atoms with Gasteiger partial charge in [0.25, 0.3) is 5.56 Å². The fourth-order valence-corrected chi connectivity index (χ4v) is 4.86. The number of carbonyl (C=O) groups is 1. The van der Waals surface area contributed by atoms with Crippen molar-refractivity contribution in [2.45, 2.75) is 31.3 Å². The van der Waals surface area contributed by atoms with Crippen molar-refractivity contribution in [2.24, 2.45) is 0 Å². The van der Waals surface area contributed by atoms with Crippen molar-refractivity contribution in [1.29, 1.82) is 0 Å². The summed E-state index contributed by atoms with van der Waals surface area (Å²) in [4.78, 5) is 30.1. The fraction of sp³-hybridized carbons (Fsp3) is 0.273. The summed E-state index contributed by atoms with van der Waals surface area (Å²) >= 11 is 6.33. The molecule has 1 fully saturated rings. The van der Waals surface area contributed by atoms with E-state index in [4.69, 9.17) is 16.3 Å². The first-order valence-electron chi connectivity index (χ1n) is 10.2. The number of nitrogens with one attached hydrogen (secondary N) is 2. The highest BCUT2D eigenvalue weighted by Gasteiger charge is 2.44. The van der Waals surface area contributed by atoms with Gasteiger partial charge < -0.3 is 15.0 Å². The molecule has 0 spiro atoms. The Labute approximate surface area is 191 Å². The number of rotatable bonds is 3. The molecule has 8 nitrogen and oxygen atoms in total. The molecule has 0 radical (unpaired) electrons. The highest BCUT2D eigenvalue weighted by atomic mass is 35.5. The molecule has 4 heterocycles. The van der Waals surface area contributed by atoms with Crippen molar-refractivity contribution < 1.29 is 18.3 Å². The van der Waals surface area contributed by atoms with E-state index in [1.807, 2.05) is 0 Å². The molecule has 2 aliphatic heterocycles. The van der Waals surface area contributed by atoms with E-state index in [-0.39, 0.29) is 45.4 Å². The molecule has 170 valence electrons. The third-order valence-corrected chi connectivity index (χ3v) is 6.35. The quantitative estimate of drug-likeness (QED) is 0.597. The molecule has 5 rings (SSSR count). The van der Waals surface area contributed by atoms with Crippen molar-refractivity contribution in [2.75, 3.05) is 12.4 Å². The van der Waals surface area contributed by atoms with Crippen molar-refractivity contribution in [3.63, 3.8) is 0 Å². The highest BCUT2D eigenvalue weighted by Crippen LogP contribution is 2.42. The summed E-state index contributed by atoms with van der Waals surface area (Å²) in [5, 5.41) is 9.26. The van der Waals surface area contributed by atoms with Crippen LogP contribution in [0.3, 0.4) is 0 Å². The van der Waals surface area contributed by atoms with Crippen molar-refractivity contribution in [3.8, 4) is 17.0 Å². The van der Waals surface area contributed by atoms with Crippen LogP contribution in [-0.4, -0.2) is 39.3 Å². The molecule has 2 aromatic heterocycles. The van der Waals surface area contributed by atoms with Crippen LogP contribution < -0.4 is 15.6 Å². The van der Waals surface area contributed by atoms with Gasteiger partial charge in [0, 0.05) is 29.4 Å². The van der Waals surface area contributed by atoms with E-state index >= 15 is 0 Å². The van der Waals surface area contributed by atoms with E-state index < -0.39 is 17.7 Å². The number of fused-ring (bicyclic) bond motifs is 4. The normalized spacial score (nSPS) is 18.7. The van der Waals surface area contributed by atoms with E-state index in [0.29, 0.717) is 18.5 Å². The van der Waals surface area contributed by atoms with Crippen LogP contribution in [0.15, 0.2) is 35.3 Å². The van der Waals surface area contributed by atoms with Gasteiger partial charge in [-0.2, -0.15) is 5.10 Å². The molecule has 0 aliphatic carbocycles. The van der Waals surface area contributed by atoms with Crippen LogP contribution in [0, 0.1) is 11.6 Å². The number of methoxy groups -OCH3 is 1. The van der Waals surface area contributed by atoms with Crippen molar-refractivity contribution in [3.05, 3.63) is 68.7 Å². The van der Waals surface area contributed by atoms with E-state index in [9.17, 15) is 18.4 Å². The summed E-state index contributed by atoms with van der Waals surface area (Å²) in [6.45, 7) is 0. The maximum atomic E-state index is 14.9. The maximum absolute atomic E-state index is 14.9. The Hall–Kier alpha value is -3.53. The summed E-state index contributed by atoms with van der Waals surface area (Å²) in [6, 6.07) is 4.15. The average molecular weight is 474 g/mol. The summed E-state index contributed by atoms with van der Waals surface area (Å²) in [7, 11) is 1.29. The van der Waals surface area contributed by atoms with Gasteiger partial charge >= 0.3 is 6.03 Å². The number of urea groups is 1. The van der Waals surface area contributed by atoms with Gasteiger partial charge in [-0.15, -0.1) is 0 Å². The first-order chi connectivity index (χ1) is 15.9. The number of nitrogens with zero attached hydrogens (tertiary/aromatic N) is 3. The number of aromatic nitrogens is 3. The smallest absolute Gasteiger partial charge is 0.322 e. The van der Waals surface area contributed by atoms with Crippen molar-refractivity contribution >= 4 is 23.3 Å². The number of H-pyrrole nitrogens is 1. The minimum atomic E-state index is -0.730. The monoisotopic (exact) mass is 473 g/mol. The predicted molar refractivity (Wildman–Crippen MR) is 116 cm³/mol. The Kier molecular flexibility index (Phi) is 5.24. The Balaban J connectivity index is 1.40. The van der Waals surface area contributed by atoms with Gasteiger partial charge in [0.15, 0.2) is 5.82 Å². The topological polar surface area (TPSA) is 100 Å². The second kappa shape index (κ2) is 8.11. The number of hydrogen-bond donors (Lipinski definition) is 2. The highest BCUT2D eigenvalue weighted by molar-refractivity contribution is 6.33. The van der Waals surface area contributed by atoms with Crippen LogP contribution in [-0.2, 0) is 6.42 Å². The third-order valence-electron chi connectivity index (χ3n) is 6.04. The Bertz CT molecular complexity index is 1330. The van der Waals surface area contributed by atoms with Crippen LogP contribution >= 0.6 is 11.6 Å². The van der Waals surface area contributed by atoms with Gasteiger partial charge in [-0.1, -0.05) is 11.6 Å². The van der Waals surface area contributed by atoms with E-state index in [2.05, 4.69) is 20.5 Å². The van der Waals surface area contributed by atoms with Crippen LogP contribution in [0.1, 0.15) is 30.1 Å². The zero-order valence-corrected chi connectivity index (χ0v) is 18.1. The van der Waals surface area contributed by atoms with Crippen LogP contribution in [0.4, 0.5) is 19.3 Å². The summed E-state index contributed by atoms with van der Waals surface area (Å²) in [5.41, 5.74) is 1.59. The number of amides is 2. The summed E-state index contributed by atoms with van der Waals surface area (Å²) < 4.78 is 33.7. The second-order valence-electron chi connectivity index (χ2n) is 7.96. The molecule has 2 bridgehead atoms. The molecular weight excluding hydrogens is 456 g/mol. The number of anilines is 1. The number of hydrogen-bond acceptors (Lipinski definition) is 5. The molecular formula is C22H18ClF2N5O3. The minimum absolute atomic E-state index is 0.102. The molecule has 2 atom stereocenters. The van der Waals surface area contributed by atoms with Crippen LogP contribution in [0.2, 0.25) is 5.02 Å². The number of benzene rings is 1. The van der Waals surface area contributed by atoms with Crippen molar-refractivity contribution in [1.82, 2.24) is 20.1 Å². The van der Waals surface area contributed by atoms with Gasteiger partial charge in [-0.3, -0.25) is 4.79 Å². The molecule has 1 saturated heterocycles. The van der Waals surface area contributed by atoms with Gasteiger partial charge in [0.2, 0.25) is 5.88 Å². The molecule has 2 aliphatic rings. The molecule has 3 aromatic rings. The number of aromatic amines is 1. The Morgan fingerprint density at radius 1 is 1.24 bits per heavy atom. The summed E-state index contributed by atoms with van der Waals surface area (Å²) in [6.07, 6.45) is 3.28. The molecule has 0 saturated carbocycles. The fourth-order valence-electron chi connectivity index (χ4n) is 4.58. The molecule has 1 aromatic carbocycles. The lowest BCUT2D eigenvalue weighted by atomic mass is 9.99. The third kappa shape index (κ3) is 3.70. The molecule has 11 heteroatoms. The SMILES string of the molecule is COc1ncc(-c2cc(F)c(NC(=O)N3C4CC[C@@H]3c3n[nH]c(=O)cc3C4)cc2Cl)cc1F. The number of halogens is 3. The summed E-state index contributed by atoms with van der Waals surface area (Å²) in [5.74, 6) is -1.62. The zero-order chi connectivity index (χ0) is 23.3. The van der Waals surface area contributed by atoms with Gasteiger partial charge in [-0.25, -0.2) is 23.7 Å². The number of pyridine rings is 1. The molecule has 2 amide bonds. The standard InChI is InChI=1S/C22H18ClF2N5O3/c1-33-21-16(25)5-11(9-26-21)13-7-15(24)17(8-14(13)23)27-22(32)30-12-2-3-18(30)20-10(4-12)6-19(31)28-29-20/h5-9,12,18H,2-4H2,1H3,(H,27,32)(H,28,31)/t12?,18-/m1/s1. The lowest BCUT2D eigenvalue weighted by molar-refractivity contribution is 0.177. The van der Waals surface area contributed by atoms with Gasteiger partial charge in [0.05, 0.1) is 29.6 Å². The lowest BCUT2D eigenvalue weighted by Crippen LogP contribution is -2.45. The van der Waals surface area contributed by atoms with E-state index in [1.165, 1.54) is 25.4 Å². The largest absolute Gasteiger partial charge is 0.479 e. The molecule has 33 heavy (non-hydrogen) atoms. The Morgan fingerprint density at radius 2 is 2.06 bits per heavy atom. The van der Waals surface area contributed by atoms with Gasteiger partial charge in [0.1, 0.15) is 5.82 Å². The number of carbonyl (C=O) groups excluding carboxylic acids is 1. The van der Waals surface area contributed by atoms with E-state index in [0.717, 1.165) is 24.1 Å². The minimum Gasteiger partial charge on any atom is -0.479 e. The van der Waals surface area contributed by atoms with Crippen LogP contribution in [0.25, 0.3) is 11.1 Å².